The predicted molar refractivity (Wildman–Crippen MR) is 72.5 cm³/mol. The molecule has 0 aromatic heterocycles. The summed E-state index contributed by atoms with van der Waals surface area (Å²) in [6.07, 6.45) is 3.23. The van der Waals surface area contributed by atoms with Crippen LogP contribution in [0.4, 0.5) is 11.4 Å². The fraction of sp³-hybridized carbons (Fsp3) is 0.125. The molecule has 1 aliphatic heterocycles. The zero-order valence-corrected chi connectivity index (χ0v) is 9.93. The highest BCUT2D eigenvalue weighted by atomic mass is 15.2. The second-order valence-electron chi connectivity index (χ2n) is 4.26. The summed E-state index contributed by atoms with van der Waals surface area (Å²) in [5.74, 6) is 0. The van der Waals surface area contributed by atoms with E-state index in [-0.39, 0.29) is 0 Å². The second-order valence-corrected chi connectivity index (χ2v) is 4.26. The van der Waals surface area contributed by atoms with Crippen molar-refractivity contribution in [3.05, 3.63) is 71.9 Å². The fourth-order valence-corrected chi connectivity index (χ4v) is 2.42. The van der Waals surface area contributed by atoms with E-state index in [4.69, 9.17) is 0 Å². The van der Waals surface area contributed by atoms with Crippen LogP contribution in [0.2, 0.25) is 0 Å². The van der Waals surface area contributed by atoms with E-state index in [1.165, 1.54) is 22.6 Å². The topological polar surface area (TPSA) is 3.24 Å². The minimum atomic E-state index is 1.03. The highest BCUT2D eigenvalue weighted by Gasteiger charge is 2.23. The average Bonchev–Trinajstić information content (AvgIpc) is 2.78. The largest absolute Gasteiger partial charge is 0.314 e. The predicted octanol–water partition coefficient (Wildman–Crippen LogP) is 4.28. The van der Waals surface area contributed by atoms with E-state index in [1.54, 1.807) is 0 Å². The molecule has 0 unspecified atom stereocenters. The highest BCUT2D eigenvalue weighted by Crippen LogP contribution is 2.39. The molecule has 0 spiro atoms. The molecule has 0 bridgehead atoms. The van der Waals surface area contributed by atoms with E-state index in [0.29, 0.717) is 0 Å². The first kappa shape index (κ1) is 10.2. The van der Waals surface area contributed by atoms with Gasteiger partial charge in [-0.2, -0.15) is 0 Å². The standard InChI is InChI=1S/C16H15N/c1-2-14-12-13-8-6-7-11-16(13)17(14)15-9-4-3-5-10-15/h2-11H,12H2,1H3/b14-2+. The van der Waals surface area contributed by atoms with E-state index in [0.717, 1.165) is 6.42 Å². The highest BCUT2D eigenvalue weighted by molar-refractivity contribution is 5.75. The van der Waals surface area contributed by atoms with Crippen LogP contribution in [0.1, 0.15) is 12.5 Å². The summed E-state index contributed by atoms with van der Waals surface area (Å²) >= 11 is 0. The summed E-state index contributed by atoms with van der Waals surface area (Å²) in [5.41, 5.74) is 5.32. The van der Waals surface area contributed by atoms with Crippen LogP contribution in [0, 0.1) is 0 Å². The maximum Gasteiger partial charge on any atom is 0.0494 e. The Morgan fingerprint density at radius 3 is 2.41 bits per heavy atom. The number of benzene rings is 2. The number of nitrogens with zero attached hydrogens (tertiary/aromatic N) is 1. The molecular formula is C16H15N. The van der Waals surface area contributed by atoms with Crippen molar-refractivity contribution in [1.82, 2.24) is 0 Å². The molecule has 0 atom stereocenters. The molecule has 0 amide bonds. The van der Waals surface area contributed by atoms with Gasteiger partial charge in [-0.05, 0) is 30.7 Å². The molecule has 0 saturated carbocycles. The van der Waals surface area contributed by atoms with E-state index in [2.05, 4.69) is 72.5 Å². The van der Waals surface area contributed by atoms with Gasteiger partial charge in [-0.3, -0.25) is 0 Å². The molecule has 2 aromatic rings. The summed E-state index contributed by atoms with van der Waals surface area (Å²) < 4.78 is 0. The minimum Gasteiger partial charge on any atom is -0.314 e. The van der Waals surface area contributed by atoms with Gasteiger partial charge in [0.1, 0.15) is 0 Å². The average molecular weight is 221 g/mol. The van der Waals surface area contributed by atoms with Crippen LogP contribution >= 0.6 is 0 Å². The van der Waals surface area contributed by atoms with Gasteiger partial charge < -0.3 is 4.90 Å². The SMILES string of the molecule is C/C=C1\Cc2ccccc2N1c1ccccc1. The van der Waals surface area contributed by atoms with Crippen molar-refractivity contribution in [3.8, 4) is 0 Å². The lowest BCUT2D eigenvalue weighted by Gasteiger charge is -2.21. The van der Waals surface area contributed by atoms with E-state index in [1.807, 2.05) is 0 Å². The molecule has 2 aromatic carbocycles. The van der Waals surface area contributed by atoms with Crippen molar-refractivity contribution < 1.29 is 0 Å². The number of anilines is 2. The van der Waals surface area contributed by atoms with Crippen LogP contribution in [0.25, 0.3) is 0 Å². The lowest BCUT2D eigenvalue weighted by Crippen LogP contribution is -2.10. The van der Waals surface area contributed by atoms with Crippen molar-refractivity contribution in [2.24, 2.45) is 0 Å². The Morgan fingerprint density at radius 2 is 1.65 bits per heavy atom. The van der Waals surface area contributed by atoms with Gasteiger partial charge >= 0.3 is 0 Å². The number of hydrogen-bond acceptors (Lipinski definition) is 1. The Bertz CT molecular complexity index is 555. The van der Waals surface area contributed by atoms with Crippen LogP contribution in [-0.4, -0.2) is 0 Å². The van der Waals surface area contributed by atoms with Gasteiger partial charge in [0.05, 0.1) is 0 Å². The molecule has 0 saturated heterocycles. The molecule has 1 heterocycles. The van der Waals surface area contributed by atoms with Gasteiger partial charge in [-0.25, -0.2) is 0 Å². The molecule has 84 valence electrons. The normalized spacial score (nSPS) is 16.3. The summed E-state index contributed by atoms with van der Waals surface area (Å²) in [7, 11) is 0. The fourth-order valence-electron chi connectivity index (χ4n) is 2.42. The van der Waals surface area contributed by atoms with E-state index >= 15 is 0 Å². The van der Waals surface area contributed by atoms with Crippen LogP contribution in [0.3, 0.4) is 0 Å². The van der Waals surface area contributed by atoms with Gasteiger partial charge in [-0.1, -0.05) is 42.5 Å². The molecule has 1 aliphatic rings. The van der Waals surface area contributed by atoms with E-state index in [9.17, 15) is 0 Å². The van der Waals surface area contributed by atoms with Crippen molar-refractivity contribution in [2.45, 2.75) is 13.3 Å². The van der Waals surface area contributed by atoms with E-state index < -0.39 is 0 Å². The molecule has 0 fully saturated rings. The lowest BCUT2D eigenvalue weighted by atomic mass is 10.1. The molecule has 1 nitrogen and oxygen atoms in total. The van der Waals surface area contributed by atoms with Crippen molar-refractivity contribution in [1.29, 1.82) is 0 Å². The Labute approximate surface area is 102 Å². The van der Waals surface area contributed by atoms with Gasteiger partial charge in [0.2, 0.25) is 0 Å². The molecule has 0 N–H and O–H groups in total. The number of hydrogen-bond donors (Lipinski definition) is 0. The second kappa shape index (κ2) is 4.10. The maximum atomic E-state index is 2.34. The van der Waals surface area contributed by atoms with Crippen LogP contribution in [-0.2, 0) is 6.42 Å². The molecular weight excluding hydrogens is 206 g/mol. The summed E-state index contributed by atoms with van der Waals surface area (Å²) in [6.45, 7) is 2.11. The van der Waals surface area contributed by atoms with Gasteiger partial charge in [0.15, 0.2) is 0 Å². The minimum absolute atomic E-state index is 1.03. The quantitative estimate of drug-likeness (QED) is 0.694. The monoisotopic (exact) mass is 221 g/mol. The third-order valence-corrected chi connectivity index (χ3v) is 3.24. The zero-order chi connectivity index (χ0) is 11.7. The lowest BCUT2D eigenvalue weighted by molar-refractivity contribution is 1.14. The molecule has 3 rings (SSSR count). The van der Waals surface area contributed by atoms with Gasteiger partial charge in [0, 0.05) is 23.5 Å². The Morgan fingerprint density at radius 1 is 0.941 bits per heavy atom. The third-order valence-electron chi connectivity index (χ3n) is 3.24. The van der Waals surface area contributed by atoms with Gasteiger partial charge in [-0.15, -0.1) is 0 Å². The van der Waals surface area contributed by atoms with Crippen molar-refractivity contribution in [3.63, 3.8) is 0 Å². The molecule has 1 heteroatoms. The molecule has 0 aliphatic carbocycles. The third kappa shape index (κ3) is 1.64. The van der Waals surface area contributed by atoms with Gasteiger partial charge in [0.25, 0.3) is 0 Å². The molecule has 0 radical (unpaired) electrons. The van der Waals surface area contributed by atoms with Crippen molar-refractivity contribution >= 4 is 11.4 Å². The number of rotatable bonds is 1. The Hall–Kier alpha value is -2.02. The number of allylic oxidation sites excluding steroid dienone is 2. The maximum absolute atomic E-state index is 2.34. The zero-order valence-electron chi connectivity index (χ0n) is 9.93. The van der Waals surface area contributed by atoms with Crippen LogP contribution < -0.4 is 4.90 Å². The number of fused-ring (bicyclic) bond motifs is 1. The number of para-hydroxylation sites is 2. The first-order valence-electron chi connectivity index (χ1n) is 5.98. The summed E-state index contributed by atoms with van der Waals surface area (Å²) in [4.78, 5) is 2.34. The molecule has 17 heavy (non-hydrogen) atoms. The smallest absolute Gasteiger partial charge is 0.0494 e. The first-order chi connectivity index (χ1) is 8.40. The van der Waals surface area contributed by atoms with Crippen molar-refractivity contribution in [2.75, 3.05) is 4.90 Å². The van der Waals surface area contributed by atoms with Crippen LogP contribution in [0.5, 0.6) is 0 Å². The van der Waals surface area contributed by atoms with Crippen LogP contribution in [0.15, 0.2) is 66.4 Å². The summed E-state index contributed by atoms with van der Waals surface area (Å²) in [6, 6.07) is 19.2. The first-order valence-corrected chi connectivity index (χ1v) is 5.98. The Kier molecular flexibility index (Phi) is 2.45. The Balaban J connectivity index is 2.15. The summed E-state index contributed by atoms with van der Waals surface area (Å²) in [5, 5.41) is 0.